The van der Waals surface area contributed by atoms with E-state index in [0.29, 0.717) is 6.42 Å². The summed E-state index contributed by atoms with van der Waals surface area (Å²) in [4.78, 5) is 27.5. The van der Waals surface area contributed by atoms with Gasteiger partial charge in [0, 0.05) is 36.3 Å². The minimum atomic E-state index is 0.160. The van der Waals surface area contributed by atoms with E-state index in [-0.39, 0.29) is 5.78 Å². The fourth-order valence-electron chi connectivity index (χ4n) is 5.16. The van der Waals surface area contributed by atoms with Crippen molar-refractivity contribution in [3.63, 3.8) is 0 Å². The maximum absolute atomic E-state index is 11.1. The largest absolute Gasteiger partial charge is 0.362 e. The number of hydrogen-bond donors (Lipinski definition) is 0. The van der Waals surface area contributed by atoms with Gasteiger partial charge in [0.25, 0.3) is 0 Å². The molecule has 2 aromatic carbocycles. The summed E-state index contributed by atoms with van der Waals surface area (Å²) < 4.78 is 0. The first-order valence-electron chi connectivity index (χ1n) is 15.1. The molecule has 41 heavy (non-hydrogen) atoms. The van der Waals surface area contributed by atoms with Gasteiger partial charge in [0.05, 0.1) is 11.2 Å². The summed E-state index contributed by atoms with van der Waals surface area (Å²) in [5, 5.41) is 2.09. The zero-order valence-electron chi connectivity index (χ0n) is 26.1. The highest BCUT2D eigenvalue weighted by atomic mass is 32.1. The molecule has 4 aromatic rings. The molecule has 5 rings (SSSR count). The van der Waals surface area contributed by atoms with Crippen molar-refractivity contribution in [1.29, 1.82) is 0 Å². The average Bonchev–Trinajstić information content (AvgIpc) is 3.32. The Labute approximate surface area is 251 Å². The summed E-state index contributed by atoms with van der Waals surface area (Å²) in [5.41, 5.74) is 3.03. The summed E-state index contributed by atoms with van der Waals surface area (Å²) in [6.45, 7) is 10.2. The van der Waals surface area contributed by atoms with Crippen LogP contribution in [0.5, 0.6) is 0 Å². The van der Waals surface area contributed by atoms with Crippen molar-refractivity contribution in [3.05, 3.63) is 71.0 Å². The first-order chi connectivity index (χ1) is 19.7. The monoisotopic (exact) mass is 572 g/mol. The maximum atomic E-state index is 11.1. The maximum Gasteiger partial charge on any atom is 0.139 e. The van der Waals surface area contributed by atoms with Crippen molar-refractivity contribution in [1.82, 2.24) is 15.0 Å². The SMILES string of the molecule is CC(=O)Cc1nc(-c2ccccc2)sc1C.CCCCC1CCC(C)CC1.Cc1nc(N(C)C)c2ccccc2n1. The van der Waals surface area contributed by atoms with Gasteiger partial charge in [0.2, 0.25) is 0 Å². The highest BCUT2D eigenvalue weighted by molar-refractivity contribution is 7.15. The van der Waals surface area contributed by atoms with E-state index in [2.05, 4.69) is 28.8 Å². The van der Waals surface area contributed by atoms with E-state index in [1.807, 2.05) is 87.4 Å². The van der Waals surface area contributed by atoms with Gasteiger partial charge in [0.15, 0.2) is 0 Å². The molecule has 0 amide bonds. The first-order valence-corrected chi connectivity index (χ1v) is 15.9. The van der Waals surface area contributed by atoms with E-state index >= 15 is 0 Å². The Morgan fingerprint density at radius 3 is 2.22 bits per heavy atom. The number of ketones is 1. The second-order valence-corrected chi connectivity index (χ2v) is 12.7. The van der Waals surface area contributed by atoms with Crippen LogP contribution in [-0.4, -0.2) is 34.8 Å². The molecule has 0 saturated heterocycles. The number of anilines is 1. The highest BCUT2D eigenvalue weighted by Crippen LogP contribution is 2.31. The minimum Gasteiger partial charge on any atom is -0.362 e. The standard InChI is InChI=1S/C13H13NOS.C11H13N3.C11H22/c1-9(15)8-12-10(2)16-13(14-12)11-6-4-3-5-7-11;1-8-12-10-7-5-4-6-9(10)11(13-8)14(2)3;1-3-4-5-11-8-6-10(2)7-9-11/h3-7H,8H2,1-2H3;4-7H,1-3H3;10-11H,3-9H2,1-2H3. The average molecular weight is 573 g/mol. The number of thiazole rings is 1. The third kappa shape index (κ3) is 10.3. The van der Waals surface area contributed by atoms with E-state index in [4.69, 9.17) is 0 Å². The second kappa shape index (κ2) is 16.4. The van der Waals surface area contributed by atoms with Crippen LogP contribution in [-0.2, 0) is 11.2 Å². The molecule has 1 aliphatic rings. The first kappa shape index (κ1) is 32.4. The third-order valence-electron chi connectivity index (χ3n) is 7.55. The fourth-order valence-corrected chi connectivity index (χ4v) is 6.09. The van der Waals surface area contributed by atoms with Crippen LogP contribution in [0.3, 0.4) is 0 Å². The molecule has 1 aliphatic carbocycles. The number of Topliss-reactive ketones (excluding diaryl/α,β-unsaturated/α-hetero) is 1. The van der Waals surface area contributed by atoms with Gasteiger partial charge in [-0.1, -0.05) is 101 Å². The van der Waals surface area contributed by atoms with E-state index in [0.717, 1.165) is 55.5 Å². The van der Waals surface area contributed by atoms with Crippen LogP contribution in [0.2, 0.25) is 0 Å². The Bertz CT molecular complexity index is 1350. The number of aromatic nitrogens is 3. The zero-order chi connectivity index (χ0) is 29.8. The summed E-state index contributed by atoms with van der Waals surface area (Å²) >= 11 is 1.65. The van der Waals surface area contributed by atoms with Gasteiger partial charge < -0.3 is 4.90 Å². The molecule has 6 heteroatoms. The molecule has 0 unspecified atom stereocenters. The summed E-state index contributed by atoms with van der Waals surface area (Å²) in [6, 6.07) is 18.1. The Morgan fingerprint density at radius 2 is 1.59 bits per heavy atom. The second-order valence-electron chi connectivity index (χ2n) is 11.5. The van der Waals surface area contributed by atoms with Crippen molar-refractivity contribution in [3.8, 4) is 10.6 Å². The van der Waals surface area contributed by atoms with Gasteiger partial charge in [-0.15, -0.1) is 11.3 Å². The lowest BCUT2D eigenvalue weighted by Crippen LogP contribution is -2.12. The quantitative estimate of drug-likeness (QED) is 0.221. The van der Waals surface area contributed by atoms with E-state index < -0.39 is 0 Å². The molecule has 0 spiro atoms. The number of carbonyl (C=O) groups is 1. The molecular formula is C35H48N4OS. The smallest absolute Gasteiger partial charge is 0.139 e. The molecule has 0 aliphatic heterocycles. The van der Waals surface area contributed by atoms with Gasteiger partial charge >= 0.3 is 0 Å². The van der Waals surface area contributed by atoms with Crippen LogP contribution in [0.4, 0.5) is 5.82 Å². The molecule has 1 saturated carbocycles. The molecular weight excluding hydrogens is 524 g/mol. The number of aryl methyl sites for hydroxylation is 2. The van der Waals surface area contributed by atoms with Gasteiger partial charge in [-0.25, -0.2) is 15.0 Å². The molecule has 220 valence electrons. The molecule has 5 nitrogen and oxygen atoms in total. The van der Waals surface area contributed by atoms with Crippen molar-refractivity contribution in [2.24, 2.45) is 11.8 Å². The van der Waals surface area contributed by atoms with E-state index in [1.54, 1.807) is 18.3 Å². The van der Waals surface area contributed by atoms with Gasteiger partial charge in [-0.3, -0.25) is 4.79 Å². The van der Waals surface area contributed by atoms with Crippen molar-refractivity contribution < 1.29 is 4.79 Å². The third-order valence-corrected chi connectivity index (χ3v) is 8.61. The van der Waals surface area contributed by atoms with Crippen molar-refractivity contribution in [2.75, 3.05) is 19.0 Å². The minimum absolute atomic E-state index is 0.160. The summed E-state index contributed by atoms with van der Waals surface area (Å²) in [6.07, 6.45) is 10.8. The van der Waals surface area contributed by atoms with Crippen molar-refractivity contribution in [2.45, 2.75) is 86.0 Å². The summed E-state index contributed by atoms with van der Waals surface area (Å²) in [5.74, 6) is 4.06. The normalized spacial score (nSPS) is 16.3. The number of rotatable bonds is 7. The van der Waals surface area contributed by atoms with Gasteiger partial charge in [-0.05, 0) is 44.7 Å². The lowest BCUT2D eigenvalue weighted by molar-refractivity contribution is -0.116. The van der Waals surface area contributed by atoms with Crippen LogP contribution >= 0.6 is 11.3 Å². The molecule has 1 fully saturated rings. The van der Waals surface area contributed by atoms with Gasteiger partial charge in [0.1, 0.15) is 22.4 Å². The lowest BCUT2D eigenvalue weighted by atomic mass is 9.81. The molecule has 0 bridgehead atoms. The van der Waals surface area contributed by atoms with Crippen LogP contribution in [0, 0.1) is 25.7 Å². The number of benzene rings is 2. The molecule has 0 atom stereocenters. The van der Waals surface area contributed by atoms with Crippen LogP contribution in [0.1, 0.15) is 82.1 Å². The Hall–Kier alpha value is -3.12. The predicted octanol–water partition coefficient (Wildman–Crippen LogP) is 9.26. The number of unbranched alkanes of at least 4 members (excludes halogenated alkanes) is 1. The molecule has 0 radical (unpaired) electrons. The van der Waals surface area contributed by atoms with Crippen molar-refractivity contribution >= 4 is 33.8 Å². The Balaban J connectivity index is 0.000000172. The number of para-hydroxylation sites is 1. The highest BCUT2D eigenvalue weighted by Gasteiger charge is 2.17. The molecule has 2 aromatic heterocycles. The van der Waals surface area contributed by atoms with Crippen LogP contribution in [0.25, 0.3) is 21.5 Å². The molecule has 2 heterocycles. The van der Waals surface area contributed by atoms with Gasteiger partial charge in [-0.2, -0.15) is 0 Å². The molecule has 0 N–H and O–H groups in total. The predicted molar refractivity (Wildman–Crippen MR) is 176 cm³/mol. The Morgan fingerprint density at radius 1 is 0.927 bits per heavy atom. The number of hydrogen-bond acceptors (Lipinski definition) is 6. The number of fused-ring (bicyclic) bond motifs is 1. The summed E-state index contributed by atoms with van der Waals surface area (Å²) in [7, 11) is 3.99. The Kier molecular flexibility index (Phi) is 12.9. The number of carbonyl (C=O) groups excluding carboxylic acids is 1. The van der Waals surface area contributed by atoms with Crippen LogP contribution in [0.15, 0.2) is 54.6 Å². The topological polar surface area (TPSA) is 59.0 Å². The fraction of sp³-hybridized carbons (Fsp3) is 0.486. The zero-order valence-corrected chi connectivity index (χ0v) is 26.9. The van der Waals surface area contributed by atoms with Crippen LogP contribution < -0.4 is 4.90 Å². The van der Waals surface area contributed by atoms with E-state index in [1.165, 1.54) is 44.9 Å². The van der Waals surface area contributed by atoms with E-state index in [9.17, 15) is 4.79 Å². The number of nitrogens with zero attached hydrogens (tertiary/aromatic N) is 4. The lowest BCUT2D eigenvalue weighted by Gasteiger charge is -2.25.